The van der Waals surface area contributed by atoms with Crippen molar-refractivity contribution >= 4 is 23.5 Å². The predicted molar refractivity (Wildman–Crippen MR) is 79.1 cm³/mol. The van der Waals surface area contributed by atoms with Crippen LogP contribution in [0.3, 0.4) is 0 Å². The van der Waals surface area contributed by atoms with Gasteiger partial charge in [-0.15, -0.1) is 0 Å². The van der Waals surface area contributed by atoms with E-state index in [4.69, 9.17) is 5.11 Å². The van der Waals surface area contributed by atoms with Crippen molar-refractivity contribution in [3.8, 4) is 0 Å². The number of amides is 2. The van der Waals surface area contributed by atoms with Crippen LogP contribution >= 0.6 is 0 Å². The molecule has 0 aromatic carbocycles. The predicted octanol–water partition coefficient (Wildman–Crippen LogP) is -0.204. The second-order valence-electron chi connectivity index (χ2n) is 4.57. The minimum atomic E-state index is -1.06. The molecule has 10 heteroatoms. The molecule has 2 aromatic rings. The highest BCUT2D eigenvalue weighted by atomic mass is 16.4. The first-order valence-corrected chi connectivity index (χ1v) is 6.80. The quantitative estimate of drug-likeness (QED) is 0.675. The number of carboxylic acid groups (broad SMARTS) is 1. The number of hydrogen-bond acceptors (Lipinski definition) is 5. The van der Waals surface area contributed by atoms with Crippen molar-refractivity contribution in [2.24, 2.45) is 0 Å². The molecule has 0 spiro atoms. The van der Waals surface area contributed by atoms with Crippen molar-refractivity contribution < 1.29 is 19.5 Å². The molecule has 3 N–H and O–H groups in total. The number of carbonyl (C=O) groups excluding carboxylic acids is 2. The van der Waals surface area contributed by atoms with Crippen LogP contribution in [0.15, 0.2) is 18.5 Å². The van der Waals surface area contributed by atoms with E-state index in [0.717, 1.165) is 4.68 Å². The Morgan fingerprint density at radius 3 is 2.57 bits per heavy atom. The van der Waals surface area contributed by atoms with Crippen LogP contribution in [0.1, 0.15) is 27.9 Å². The molecule has 0 aliphatic heterocycles. The highest BCUT2D eigenvalue weighted by molar-refractivity contribution is 6.07. The summed E-state index contributed by atoms with van der Waals surface area (Å²) in [5.41, 5.74) is 0.384. The molecule has 0 aliphatic carbocycles. The number of rotatable bonds is 6. The minimum absolute atomic E-state index is 0.0401. The number of aryl methyl sites for hydroxylation is 1. The Labute approximate surface area is 131 Å². The van der Waals surface area contributed by atoms with E-state index in [9.17, 15) is 14.4 Å². The van der Waals surface area contributed by atoms with Crippen LogP contribution in [0.25, 0.3) is 0 Å². The van der Waals surface area contributed by atoms with Crippen molar-refractivity contribution in [2.45, 2.75) is 20.0 Å². The Hall–Kier alpha value is -3.17. The van der Waals surface area contributed by atoms with Crippen LogP contribution in [0.5, 0.6) is 0 Å². The Bertz CT molecular complexity index is 747. The first kappa shape index (κ1) is 16.2. The highest BCUT2D eigenvalue weighted by Crippen LogP contribution is 2.15. The number of hydrogen-bond donors (Lipinski definition) is 3. The summed E-state index contributed by atoms with van der Waals surface area (Å²) in [7, 11) is 1.46. The van der Waals surface area contributed by atoms with E-state index in [0.29, 0.717) is 6.54 Å². The summed E-state index contributed by atoms with van der Waals surface area (Å²) in [6, 6.07) is 1.39. The van der Waals surface area contributed by atoms with E-state index >= 15 is 0 Å². The molecule has 10 nitrogen and oxygen atoms in total. The standard InChI is InChI=1S/C13H16N6O4/c1-3-18-6-9(11(17-18)13(23)14-2)15-12(22)8-4-5-19(16-8)7-10(20)21/h4-6H,3,7H2,1-2H3,(H,14,23)(H,15,22)(H,20,21). The Kier molecular flexibility index (Phi) is 4.74. The molecule has 0 aliphatic rings. The Balaban J connectivity index is 2.19. The molecule has 2 rings (SSSR count). The van der Waals surface area contributed by atoms with Gasteiger partial charge >= 0.3 is 5.97 Å². The number of carboxylic acids is 1. The molecule has 0 atom stereocenters. The first-order chi connectivity index (χ1) is 10.9. The summed E-state index contributed by atoms with van der Waals surface area (Å²) >= 11 is 0. The van der Waals surface area contributed by atoms with Crippen LogP contribution in [0, 0.1) is 0 Å². The smallest absolute Gasteiger partial charge is 0.325 e. The van der Waals surface area contributed by atoms with Gasteiger partial charge in [-0.3, -0.25) is 23.7 Å². The fourth-order valence-electron chi connectivity index (χ4n) is 1.86. The second-order valence-corrected chi connectivity index (χ2v) is 4.57. The van der Waals surface area contributed by atoms with Crippen LogP contribution < -0.4 is 10.6 Å². The summed E-state index contributed by atoms with van der Waals surface area (Å²) in [4.78, 5) is 34.6. The van der Waals surface area contributed by atoms with Gasteiger partial charge in [0, 0.05) is 26.0 Å². The highest BCUT2D eigenvalue weighted by Gasteiger charge is 2.19. The third kappa shape index (κ3) is 3.73. The van der Waals surface area contributed by atoms with E-state index in [1.165, 1.54) is 30.2 Å². The molecule has 0 bridgehead atoms. The fraction of sp³-hybridized carbons (Fsp3) is 0.308. The molecule has 2 aromatic heterocycles. The zero-order valence-corrected chi connectivity index (χ0v) is 12.6. The fourth-order valence-corrected chi connectivity index (χ4v) is 1.86. The molecular formula is C13H16N6O4. The van der Waals surface area contributed by atoms with Crippen molar-refractivity contribution in [1.82, 2.24) is 24.9 Å². The first-order valence-electron chi connectivity index (χ1n) is 6.80. The van der Waals surface area contributed by atoms with Crippen molar-refractivity contribution in [2.75, 3.05) is 12.4 Å². The molecule has 0 radical (unpaired) electrons. The Morgan fingerprint density at radius 2 is 1.96 bits per heavy atom. The van der Waals surface area contributed by atoms with Gasteiger partial charge in [0.1, 0.15) is 6.54 Å². The lowest BCUT2D eigenvalue weighted by atomic mass is 10.3. The van der Waals surface area contributed by atoms with Gasteiger partial charge in [-0.25, -0.2) is 0 Å². The zero-order valence-electron chi connectivity index (χ0n) is 12.6. The topological polar surface area (TPSA) is 131 Å². The van der Waals surface area contributed by atoms with Gasteiger partial charge in [-0.2, -0.15) is 10.2 Å². The molecule has 0 saturated carbocycles. The van der Waals surface area contributed by atoms with Crippen LogP contribution in [0.2, 0.25) is 0 Å². The zero-order chi connectivity index (χ0) is 17.0. The lowest BCUT2D eigenvalue weighted by Gasteiger charge is -2.02. The molecule has 0 fully saturated rings. The molecule has 2 amide bonds. The van der Waals surface area contributed by atoms with E-state index in [2.05, 4.69) is 20.8 Å². The maximum atomic E-state index is 12.2. The average molecular weight is 320 g/mol. The monoisotopic (exact) mass is 320 g/mol. The van der Waals surface area contributed by atoms with Crippen LogP contribution in [-0.2, 0) is 17.9 Å². The van der Waals surface area contributed by atoms with Crippen LogP contribution in [0.4, 0.5) is 5.69 Å². The summed E-state index contributed by atoms with van der Waals surface area (Å²) in [6.45, 7) is 2.04. The van der Waals surface area contributed by atoms with Crippen molar-refractivity contribution in [3.05, 3.63) is 29.8 Å². The summed E-state index contributed by atoms with van der Waals surface area (Å²) in [5, 5.41) is 21.6. The van der Waals surface area contributed by atoms with Gasteiger partial charge in [0.2, 0.25) is 0 Å². The SMILES string of the molecule is CCn1cc(NC(=O)c2ccn(CC(=O)O)n2)c(C(=O)NC)n1. The normalized spacial score (nSPS) is 10.3. The minimum Gasteiger partial charge on any atom is -0.480 e. The molecule has 23 heavy (non-hydrogen) atoms. The lowest BCUT2D eigenvalue weighted by molar-refractivity contribution is -0.137. The number of aromatic nitrogens is 4. The van der Waals surface area contributed by atoms with Gasteiger partial charge < -0.3 is 15.7 Å². The van der Waals surface area contributed by atoms with Gasteiger partial charge in [-0.1, -0.05) is 0 Å². The largest absolute Gasteiger partial charge is 0.480 e. The lowest BCUT2D eigenvalue weighted by Crippen LogP contribution is -2.22. The number of nitrogens with zero attached hydrogens (tertiary/aromatic N) is 4. The number of aliphatic carboxylic acids is 1. The number of carbonyl (C=O) groups is 3. The van der Waals surface area contributed by atoms with Crippen molar-refractivity contribution in [3.63, 3.8) is 0 Å². The van der Waals surface area contributed by atoms with Crippen LogP contribution in [-0.4, -0.2) is 49.5 Å². The van der Waals surface area contributed by atoms with E-state index < -0.39 is 17.8 Å². The average Bonchev–Trinajstić information content (AvgIpc) is 3.12. The number of nitrogens with one attached hydrogen (secondary N) is 2. The van der Waals surface area contributed by atoms with Gasteiger partial charge in [0.05, 0.1) is 5.69 Å². The maximum Gasteiger partial charge on any atom is 0.325 e. The van der Waals surface area contributed by atoms with E-state index in [-0.39, 0.29) is 23.6 Å². The van der Waals surface area contributed by atoms with Gasteiger partial charge in [0.15, 0.2) is 11.4 Å². The summed E-state index contributed by atoms with van der Waals surface area (Å²) in [6.07, 6.45) is 2.93. The summed E-state index contributed by atoms with van der Waals surface area (Å²) < 4.78 is 2.65. The summed E-state index contributed by atoms with van der Waals surface area (Å²) in [5.74, 6) is -2.05. The third-order valence-electron chi connectivity index (χ3n) is 2.95. The third-order valence-corrected chi connectivity index (χ3v) is 2.95. The molecular weight excluding hydrogens is 304 g/mol. The van der Waals surface area contributed by atoms with Gasteiger partial charge in [0.25, 0.3) is 11.8 Å². The van der Waals surface area contributed by atoms with Gasteiger partial charge in [-0.05, 0) is 13.0 Å². The second kappa shape index (κ2) is 6.73. The molecule has 0 unspecified atom stereocenters. The molecule has 0 saturated heterocycles. The van der Waals surface area contributed by atoms with Crippen molar-refractivity contribution in [1.29, 1.82) is 0 Å². The molecule has 122 valence electrons. The number of anilines is 1. The van der Waals surface area contributed by atoms with E-state index in [1.807, 2.05) is 6.92 Å². The maximum absolute atomic E-state index is 12.2. The van der Waals surface area contributed by atoms with E-state index in [1.54, 1.807) is 0 Å². The molecule has 2 heterocycles. The Morgan fingerprint density at radius 1 is 1.22 bits per heavy atom.